The van der Waals surface area contributed by atoms with Gasteiger partial charge in [0.2, 0.25) is 5.91 Å². The molecule has 0 radical (unpaired) electrons. The molecule has 2 amide bonds. The zero-order chi connectivity index (χ0) is 20.2. The van der Waals surface area contributed by atoms with Gasteiger partial charge in [-0.3, -0.25) is 9.59 Å². The second-order valence-electron chi connectivity index (χ2n) is 8.03. The summed E-state index contributed by atoms with van der Waals surface area (Å²) in [6.45, 7) is 4.36. The van der Waals surface area contributed by atoms with Crippen LogP contribution in [0.4, 0.5) is 5.82 Å². The first-order chi connectivity index (χ1) is 14.1. The van der Waals surface area contributed by atoms with Gasteiger partial charge < -0.3 is 15.5 Å². The number of anilines is 1. The molecule has 156 valence electrons. The quantitative estimate of drug-likeness (QED) is 0.676. The standard InChI is InChI=1S/C21H29N5O2S/c1-14-17-19(22-10-6-12-26-11-5-9-16(26)27)23-13-24-21(17)29-18(14)20(28)25-15-7-3-2-4-8-15/h13,15H,2-12H2,1H3,(H,25,28)(H,22,23,24). The Morgan fingerprint density at radius 1 is 1.24 bits per heavy atom. The van der Waals surface area contributed by atoms with Gasteiger partial charge in [0.05, 0.1) is 10.3 Å². The first kappa shape index (κ1) is 20.1. The summed E-state index contributed by atoms with van der Waals surface area (Å²) in [6, 6.07) is 0.290. The third-order valence-electron chi connectivity index (χ3n) is 5.94. The topological polar surface area (TPSA) is 87.2 Å². The molecule has 2 N–H and O–H groups in total. The summed E-state index contributed by atoms with van der Waals surface area (Å²) in [6.07, 6.45) is 9.87. The molecule has 0 unspecified atom stereocenters. The molecule has 2 aromatic rings. The van der Waals surface area contributed by atoms with E-state index in [1.54, 1.807) is 6.33 Å². The van der Waals surface area contributed by atoms with Crippen LogP contribution in [0.2, 0.25) is 0 Å². The van der Waals surface area contributed by atoms with Crippen molar-refractivity contribution in [3.8, 4) is 0 Å². The minimum Gasteiger partial charge on any atom is -0.369 e. The van der Waals surface area contributed by atoms with Gasteiger partial charge >= 0.3 is 0 Å². The molecule has 2 aliphatic rings. The summed E-state index contributed by atoms with van der Waals surface area (Å²) in [7, 11) is 0. The first-order valence-electron chi connectivity index (χ1n) is 10.7. The molecule has 7 nitrogen and oxygen atoms in total. The van der Waals surface area contributed by atoms with Gasteiger partial charge in [0.15, 0.2) is 0 Å². The van der Waals surface area contributed by atoms with E-state index in [0.29, 0.717) is 6.42 Å². The predicted octanol–water partition coefficient (Wildman–Crippen LogP) is 3.49. The van der Waals surface area contributed by atoms with Crippen molar-refractivity contribution in [2.24, 2.45) is 0 Å². The number of hydrogen-bond acceptors (Lipinski definition) is 6. The Kier molecular flexibility index (Phi) is 6.28. The molecule has 3 heterocycles. The number of nitrogens with one attached hydrogen (secondary N) is 2. The van der Waals surface area contributed by atoms with Crippen LogP contribution < -0.4 is 10.6 Å². The van der Waals surface area contributed by atoms with Gasteiger partial charge in [-0.15, -0.1) is 11.3 Å². The largest absolute Gasteiger partial charge is 0.369 e. The number of carbonyl (C=O) groups excluding carboxylic acids is 2. The number of likely N-dealkylation sites (tertiary alicyclic amines) is 1. The molecule has 29 heavy (non-hydrogen) atoms. The summed E-state index contributed by atoms with van der Waals surface area (Å²) in [5.74, 6) is 1.04. The van der Waals surface area contributed by atoms with Crippen LogP contribution in [0.25, 0.3) is 10.2 Å². The summed E-state index contributed by atoms with van der Waals surface area (Å²) >= 11 is 1.44. The number of amides is 2. The zero-order valence-corrected chi connectivity index (χ0v) is 17.8. The average molecular weight is 416 g/mol. The van der Waals surface area contributed by atoms with Crippen molar-refractivity contribution in [3.63, 3.8) is 0 Å². The lowest BCUT2D eigenvalue weighted by Gasteiger charge is -2.22. The number of rotatable bonds is 7. The molecule has 4 rings (SSSR count). The Hall–Kier alpha value is -2.22. The molecular weight excluding hydrogens is 386 g/mol. The van der Waals surface area contributed by atoms with E-state index in [2.05, 4.69) is 20.6 Å². The lowest BCUT2D eigenvalue weighted by molar-refractivity contribution is -0.127. The molecule has 2 fully saturated rings. The van der Waals surface area contributed by atoms with Crippen molar-refractivity contribution in [3.05, 3.63) is 16.8 Å². The minimum atomic E-state index is 0.0101. The second kappa shape index (κ2) is 9.07. The van der Waals surface area contributed by atoms with Crippen LogP contribution in [-0.4, -0.2) is 52.4 Å². The molecule has 0 spiro atoms. The van der Waals surface area contributed by atoms with Crippen LogP contribution in [0.1, 0.15) is 66.6 Å². The fourth-order valence-corrected chi connectivity index (χ4v) is 5.39. The van der Waals surface area contributed by atoms with Crippen molar-refractivity contribution in [2.75, 3.05) is 25.0 Å². The van der Waals surface area contributed by atoms with Crippen LogP contribution in [0.5, 0.6) is 0 Å². The van der Waals surface area contributed by atoms with Gasteiger partial charge in [-0.1, -0.05) is 19.3 Å². The molecule has 1 saturated carbocycles. The summed E-state index contributed by atoms with van der Waals surface area (Å²) in [5, 5.41) is 7.53. The van der Waals surface area contributed by atoms with E-state index in [9.17, 15) is 9.59 Å². The van der Waals surface area contributed by atoms with Crippen LogP contribution in [0.3, 0.4) is 0 Å². The van der Waals surface area contributed by atoms with E-state index in [1.165, 1.54) is 30.6 Å². The van der Waals surface area contributed by atoms with Crippen LogP contribution >= 0.6 is 11.3 Å². The highest BCUT2D eigenvalue weighted by Crippen LogP contribution is 2.33. The molecule has 0 bridgehead atoms. The number of nitrogens with zero attached hydrogens (tertiary/aromatic N) is 3. The molecule has 0 aromatic carbocycles. The van der Waals surface area contributed by atoms with Gasteiger partial charge in [0.1, 0.15) is 17.0 Å². The monoisotopic (exact) mass is 415 g/mol. The molecular formula is C21H29N5O2S. The molecule has 1 aliphatic heterocycles. The van der Waals surface area contributed by atoms with Crippen molar-refractivity contribution in [2.45, 2.75) is 64.3 Å². The number of aryl methyl sites for hydroxylation is 1. The minimum absolute atomic E-state index is 0.0101. The Bertz CT molecular complexity index is 891. The summed E-state index contributed by atoms with van der Waals surface area (Å²) in [4.78, 5) is 36.9. The molecule has 1 saturated heterocycles. The fourth-order valence-electron chi connectivity index (χ4n) is 4.34. The highest BCUT2D eigenvalue weighted by molar-refractivity contribution is 7.20. The van der Waals surface area contributed by atoms with Gasteiger partial charge in [0.25, 0.3) is 5.91 Å². The molecule has 2 aromatic heterocycles. The second-order valence-corrected chi connectivity index (χ2v) is 9.03. The predicted molar refractivity (Wildman–Crippen MR) is 115 cm³/mol. The highest BCUT2D eigenvalue weighted by Gasteiger charge is 2.23. The maximum absolute atomic E-state index is 12.8. The van der Waals surface area contributed by atoms with E-state index in [4.69, 9.17) is 0 Å². The third-order valence-corrected chi connectivity index (χ3v) is 7.14. The molecule has 1 aliphatic carbocycles. The number of aromatic nitrogens is 2. The van der Waals surface area contributed by atoms with E-state index < -0.39 is 0 Å². The van der Waals surface area contributed by atoms with Gasteiger partial charge in [-0.25, -0.2) is 9.97 Å². The maximum Gasteiger partial charge on any atom is 0.261 e. The highest BCUT2D eigenvalue weighted by atomic mass is 32.1. The van der Waals surface area contributed by atoms with Crippen molar-refractivity contribution in [1.29, 1.82) is 0 Å². The normalized spacial score (nSPS) is 17.8. The van der Waals surface area contributed by atoms with Gasteiger partial charge in [0, 0.05) is 32.1 Å². The summed E-state index contributed by atoms with van der Waals surface area (Å²) in [5.41, 5.74) is 0.941. The van der Waals surface area contributed by atoms with E-state index in [0.717, 1.165) is 71.8 Å². The molecule has 8 heteroatoms. The number of hydrogen-bond donors (Lipinski definition) is 2. The van der Waals surface area contributed by atoms with Crippen LogP contribution in [-0.2, 0) is 4.79 Å². The smallest absolute Gasteiger partial charge is 0.261 e. The Labute approximate surface area is 175 Å². The van der Waals surface area contributed by atoms with Crippen molar-refractivity contribution >= 4 is 39.2 Å². The summed E-state index contributed by atoms with van der Waals surface area (Å²) < 4.78 is 0. The van der Waals surface area contributed by atoms with Crippen molar-refractivity contribution < 1.29 is 9.59 Å². The average Bonchev–Trinajstić information content (AvgIpc) is 3.29. The van der Waals surface area contributed by atoms with Gasteiger partial charge in [-0.05, 0) is 38.2 Å². The number of fused-ring (bicyclic) bond motifs is 1. The Morgan fingerprint density at radius 2 is 2.07 bits per heavy atom. The van der Waals surface area contributed by atoms with Crippen molar-refractivity contribution in [1.82, 2.24) is 20.2 Å². The molecule has 0 atom stereocenters. The first-order valence-corrected chi connectivity index (χ1v) is 11.5. The lowest BCUT2D eigenvalue weighted by atomic mass is 9.95. The zero-order valence-electron chi connectivity index (χ0n) is 17.0. The Balaban J connectivity index is 1.42. The van der Waals surface area contributed by atoms with Crippen LogP contribution in [0, 0.1) is 6.92 Å². The maximum atomic E-state index is 12.8. The third kappa shape index (κ3) is 4.52. The van der Waals surface area contributed by atoms with Crippen LogP contribution in [0.15, 0.2) is 6.33 Å². The fraction of sp³-hybridized carbons (Fsp3) is 0.619. The number of carbonyl (C=O) groups is 2. The number of thiophene rings is 1. The Morgan fingerprint density at radius 3 is 2.83 bits per heavy atom. The van der Waals surface area contributed by atoms with E-state index in [1.807, 2.05) is 11.8 Å². The van der Waals surface area contributed by atoms with E-state index >= 15 is 0 Å². The lowest BCUT2D eigenvalue weighted by Crippen LogP contribution is -2.36. The van der Waals surface area contributed by atoms with E-state index in [-0.39, 0.29) is 17.9 Å². The van der Waals surface area contributed by atoms with Gasteiger partial charge in [-0.2, -0.15) is 0 Å². The SMILES string of the molecule is Cc1c(C(=O)NC2CCCCC2)sc2ncnc(NCCCN3CCCC3=O)c12.